The molecular formula is C11H19N5O. The van der Waals surface area contributed by atoms with Gasteiger partial charge in [-0.1, -0.05) is 0 Å². The topological polar surface area (TPSA) is 87.9 Å². The highest BCUT2D eigenvalue weighted by molar-refractivity contribution is 5.90. The van der Waals surface area contributed by atoms with E-state index < -0.39 is 0 Å². The number of aromatic amines is 1. The van der Waals surface area contributed by atoms with E-state index in [1.807, 2.05) is 7.05 Å². The van der Waals surface area contributed by atoms with Gasteiger partial charge >= 0.3 is 0 Å². The van der Waals surface area contributed by atoms with Crippen molar-refractivity contribution >= 4 is 5.91 Å². The van der Waals surface area contributed by atoms with E-state index in [1.54, 1.807) is 11.8 Å². The molecule has 0 aliphatic heterocycles. The third-order valence-electron chi connectivity index (χ3n) is 3.40. The summed E-state index contributed by atoms with van der Waals surface area (Å²) in [5, 5.41) is 6.58. The maximum Gasteiger partial charge on any atom is 0.293 e. The second-order valence-electron chi connectivity index (χ2n) is 4.73. The van der Waals surface area contributed by atoms with E-state index in [1.165, 1.54) is 0 Å². The molecule has 1 aliphatic carbocycles. The van der Waals surface area contributed by atoms with E-state index in [0.717, 1.165) is 25.7 Å². The molecule has 1 fully saturated rings. The van der Waals surface area contributed by atoms with Crippen molar-refractivity contribution in [3.8, 4) is 0 Å². The number of H-pyrrole nitrogens is 1. The van der Waals surface area contributed by atoms with Gasteiger partial charge in [-0.2, -0.15) is 0 Å². The van der Waals surface area contributed by atoms with E-state index in [4.69, 9.17) is 5.73 Å². The molecule has 1 aromatic rings. The Morgan fingerprint density at radius 3 is 2.59 bits per heavy atom. The molecule has 6 nitrogen and oxygen atoms in total. The summed E-state index contributed by atoms with van der Waals surface area (Å²) in [6, 6.07) is 0.557. The molecule has 6 heteroatoms. The summed E-state index contributed by atoms with van der Waals surface area (Å²) in [6.07, 6.45) is 3.89. The summed E-state index contributed by atoms with van der Waals surface area (Å²) in [5.74, 6) is 0.794. The molecule has 1 aromatic heterocycles. The highest BCUT2D eigenvalue weighted by Gasteiger charge is 2.27. The largest absolute Gasteiger partial charge is 0.336 e. The number of aromatic nitrogens is 3. The van der Waals surface area contributed by atoms with Crippen LogP contribution in [0.25, 0.3) is 0 Å². The fourth-order valence-corrected chi connectivity index (χ4v) is 2.25. The minimum Gasteiger partial charge on any atom is -0.336 e. The molecule has 1 amide bonds. The second kappa shape index (κ2) is 4.83. The van der Waals surface area contributed by atoms with Gasteiger partial charge in [-0.15, -0.1) is 5.10 Å². The Bertz CT molecular complexity index is 394. The molecule has 0 radical (unpaired) electrons. The number of hydrogen-bond donors (Lipinski definition) is 2. The molecule has 0 unspecified atom stereocenters. The number of nitrogens with zero attached hydrogens (tertiary/aromatic N) is 3. The van der Waals surface area contributed by atoms with Gasteiger partial charge in [0.05, 0.1) is 0 Å². The van der Waals surface area contributed by atoms with Crippen LogP contribution in [0.1, 0.15) is 42.1 Å². The Morgan fingerprint density at radius 2 is 2.06 bits per heavy atom. The van der Waals surface area contributed by atoms with Crippen LogP contribution in [0.5, 0.6) is 0 Å². The number of carbonyl (C=O) groups is 1. The highest BCUT2D eigenvalue weighted by Crippen LogP contribution is 2.21. The van der Waals surface area contributed by atoms with Crippen LogP contribution in [0.15, 0.2) is 0 Å². The first kappa shape index (κ1) is 12.0. The number of carbonyl (C=O) groups excluding carboxylic acids is 1. The van der Waals surface area contributed by atoms with Crippen LogP contribution in [0, 0.1) is 6.92 Å². The number of hydrogen-bond acceptors (Lipinski definition) is 4. The van der Waals surface area contributed by atoms with Crippen LogP contribution >= 0.6 is 0 Å². The van der Waals surface area contributed by atoms with Gasteiger partial charge in [-0.25, -0.2) is 4.98 Å². The molecule has 0 saturated heterocycles. The normalized spacial score (nSPS) is 24.6. The maximum atomic E-state index is 12.1. The molecule has 3 N–H and O–H groups in total. The van der Waals surface area contributed by atoms with Gasteiger partial charge in [0, 0.05) is 19.1 Å². The van der Waals surface area contributed by atoms with Gasteiger partial charge in [-0.05, 0) is 32.6 Å². The van der Waals surface area contributed by atoms with Crippen LogP contribution in [0.3, 0.4) is 0 Å². The van der Waals surface area contributed by atoms with Gasteiger partial charge in [0.15, 0.2) is 0 Å². The average Bonchev–Trinajstić information content (AvgIpc) is 2.75. The lowest BCUT2D eigenvalue weighted by Gasteiger charge is -2.32. The van der Waals surface area contributed by atoms with Crippen LogP contribution in [-0.4, -0.2) is 45.1 Å². The first-order valence-corrected chi connectivity index (χ1v) is 5.99. The molecule has 0 spiro atoms. The first-order chi connectivity index (χ1) is 8.08. The van der Waals surface area contributed by atoms with Gasteiger partial charge in [0.25, 0.3) is 5.91 Å². The van der Waals surface area contributed by atoms with Gasteiger partial charge < -0.3 is 10.6 Å². The van der Waals surface area contributed by atoms with Crippen LogP contribution in [0.4, 0.5) is 0 Å². The van der Waals surface area contributed by atoms with Crippen molar-refractivity contribution in [1.29, 1.82) is 0 Å². The quantitative estimate of drug-likeness (QED) is 0.782. The lowest BCUT2D eigenvalue weighted by atomic mass is 9.91. The SMILES string of the molecule is Cc1nc(C(=O)N(C)C2CCC(N)CC2)n[nH]1. The Labute approximate surface area is 101 Å². The van der Waals surface area contributed by atoms with Crippen molar-refractivity contribution in [2.75, 3.05) is 7.05 Å². The van der Waals surface area contributed by atoms with E-state index >= 15 is 0 Å². The van der Waals surface area contributed by atoms with E-state index in [9.17, 15) is 4.79 Å². The summed E-state index contributed by atoms with van der Waals surface area (Å²) in [4.78, 5) is 17.9. The Morgan fingerprint density at radius 1 is 1.41 bits per heavy atom. The predicted octanol–water partition coefficient (Wildman–Crippen LogP) is 0.455. The molecule has 1 heterocycles. The van der Waals surface area contributed by atoms with Gasteiger partial charge in [-0.3, -0.25) is 9.89 Å². The van der Waals surface area contributed by atoms with Crippen LogP contribution in [-0.2, 0) is 0 Å². The number of rotatable bonds is 2. The fourth-order valence-electron chi connectivity index (χ4n) is 2.25. The summed E-state index contributed by atoms with van der Waals surface area (Å²) in [7, 11) is 1.82. The lowest BCUT2D eigenvalue weighted by molar-refractivity contribution is 0.0678. The predicted molar refractivity (Wildman–Crippen MR) is 63.4 cm³/mol. The highest BCUT2D eigenvalue weighted by atomic mass is 16.2. The number of nitrogens with one attached hydrogen (secondary N) is 1. The zero-order chi connectivity index (χ0) is 12.4. The first-order valence-electron chi connectivity index (χ1n) is 5.99. The zero-order valence-electron chi connectivity index (χ0n) is 10.3. The van der Waals surface area contributed by atoms with Crippen molar-refractivity contribution in [1.82, 2.24) is 20.1 Å². The van der Waals surface area contributed by atoms with E-state index in [2.05, 4.69) is 15.2 Å². The Balaban J connectivity index is 2.00. The molecule has 2 rings (SSSR count). The van der Waals surface area contributed by atoms with Gasteiger partial charge in [0.1, 0.15) is 5.82 Å². The summed E-state index contributed by atoms with van der Waals surface area (Å²) >= 11 is 0. The summed E-state index contributed by atoms with van der Waals surface area (Å²) < 4.78 is 0. The zero-order valence-corrected chi connectivity index (χ0v) is 10.3. The van der Waals surface area contributed by atoms with Crippen LogP contribution < -0.4 is 5.73 Å². The molecule has 0 bridgehead atoms. The van der Waals surface area contributed by atoms with Crippen molar-refractivity contribution in [3.63, 3.8) is 0 Å². The average molecular weight is 237 g/mol. The minimum atomic E-state index is -0.116. The van der Waals surface area contributed by atoms with Crippen molar-refractivity contribution in [2.45, 2.75) is 44.7 Å². The molecule has 94 valence electrons. The van der Waals surface area contributed by atoms with Crippen molar-refractivity contribution < 1.29 is 4.79 Å². The summed E-state index contributed by atoms with van der Waals surface area (Å²) in [6.45, 7) is 1.78. The monoisotopic (exact) mass is 237 g/mol. The summed E-state index contributed by atoms with van der Waals surface area (Å²) in [5.41, 5.74) is 5.85. The smallest absolute Gasteiger partial charge is 0.293 e. The van der Waals surface area contributed by atoms with E-state index in [-0.39, 0.29) is 17.8 Å². The van der Waals surface area contributed by atoms with Crippen molar-refractivity contribution in [2.24, 2.45) is 5.73 Å². The van der Waals surface area contributed by atoms with Crippen LogP contribution in [0.2, 0.25) is 0 Å². The third kappa shape index (κ3) is 2.63. The Kier molecular flexibility index (Phi) is 3.42. The maximum absolute atomic E-state index is 12.1. The number of aryl methyl sites for hydroxylation is 1. The lowest BCUT2D eigenvalue weighted by Crippen LogP contribution is -2.42. The number of amides is 1. The standard InChI is InChI=1S/C11H19N5O/c1-7-13-10(15-14-7)11(17)16(2)9-5-3-8(12)4-6-9/h8-9H,3-6,12H2,1-2H3,(H,13,14,15). The molecule has 1 aliphatic rings. The third-order valence-corrected chi connectivity index (χ3v) is 3.40. The fraction of sp³-hybridized carbons (Fsp3) is 0.727. The molecule has 0 aromatic carbocycles. The minimum absolute atomic E-state index is 0.116. The van der Waals surface area contributed by atoms with Gasteiger partial charge in [0.2, 0.25) is 5.82 Å². The molecule has 17 heavy (non-hydrogen) atoms. The van der Waals surface area contributed by atoms with E-state index in [0.29, 0.717) is 11.9 Å². The molecule has 1 saturated carbocycles. The molecular weight excluding hydrogens is 218 g/mol. The number of nitrogens with two attached hydrogens (primary N) is 1. The van der Waals surface area contributed by atoms with Crippen molar-refractivity contribution in [3.05, 3.63) is 11.6 Å². The second-order valence-corrected chi connectivity index (χ2v) is 4.73. The molecule has 0 atom stereocenters. The Hall–Kier alpha value is -1.43.